The normalized spacial score (nSPS) is 17.4. The minimum Gasteiger partial charge on any atom is -0.465 e. The Labute approximate surface area is 94.0 Å². The lowest BCUT2D eigenvalue weighted by atomic mass is 9.66. The number of rotatable bonds is 2. The van der Waals surface area contributed by atoms with E-state index in [4.69, 9.17) is 0 Å². The molecule has 0 atom stereocenters. The highest BCUT2D eigenvalue weighted by Crippen LogP contribution is 2.33. The smallest absolute Gasteiger partial charge is 0.339 e. The van der Waals surface area contributed by atoms with Crippen LogP contribution in [-0.4, -0.2) is 31.0 Å². The van der Waals surface area contributed by atoms with E-state index in [9.17, 15) is 4.79 Å². The van der Waals surface area contributed by atoms with Gasteiger partial charge in [-0.25, -0.2) is 14.8 Å². The number of aromatic nitrogens is 1. The van der Waals surface area contributed by atoms with Gasteiger partial charge in [-0.3, -0.25) is 0 Å². The molecule has 1 aromatic heterocycles. The first-order valence-corrected chi connectivity index (χ1v) is 5.29. The highest BCUT2D eigenvalue weighted by molar-refractivity contribution is 6.88. The fourth-order valence-electron chi connectivity index (χ4n) is 1.81. The van der Waals surface area contributed by atoms with Gasteiger partial charge in [0.1, 0.15) is 5.82 Å². The molecule has 3 rings (SSSR count). The number of methoxy groups -OCH3 is 1. The number of fused-ring (bicyclic) bond motifs is 1. The minimum atomic E-state index is -0.358. The lowest BCUT2D eigenvalue weighted by molar-refractivity contribution is 0.0600. The summed E-state index contributed by atoms with van der Waals surface area (Å²) in [5.41, 5.74) is 2.50. The molecule has 1 saturated carbocycles. The third-order valence-corrected chi connectivity index (χ3v) is 2.85. The van der Waals surface area contributed by atoms with E-state index >= 15 is 0 Å². The summed E-state index contributed by atoms with van der Waals surface area (Å²) in [4.78, 5) is 19.9. The number of aliphatic imine (C=N–C) groups is 1. The van der Waals surface area contributed by atoms with Crippen LogP contribution in [0.2, 0.25) is 0 Å². The second-order valence-electron chi connectivity index (χ2n) is 4.08. The van der Waals surface area contributed by atoms with Crippen LogP contribution >= 0.6 is 0 Å². The van der Waals surface area contributed by atoms with E-state index in [2.05, 4.69) is 14.7 Å². The molecule has 0 N–H and O–H groups in total. The zero-order chi connectivity index (χ0) is 11.1. The van der Waals surface area contributed by atoms with Gasteiger partial charge in [0, 0.05) is 6.20 Å². The summed E-state index contributed by atoms with van der Waals surface area (Å²) in [7, 11) is 3.39. The summed E-state index contributed by atoms with van der Waals surface area (Å²) < 4.78 is 4.65. The Bertz CT molecular complexity index is 495. The van der Waals surface area contributed by atoms with E-state index in [0.717, 1.165) is 16.9 Å². The maximum Gasteiger partial charge on any atom is 0.339 e. The average molecular weight is 213 g/mol. The monoisotopic (exact) mass is 213 g/mol. The number of hydrogen-bond acceptors (Lipinski definition) is 4. The van der Waals surface area contributed by atoms with Crippen LogP contribution in [0.15, 0.2) is 17.3 Å². The van der Waals surface area contributed by atoms with Crippen molar-refractivity contribution in [3.8, 4) is 0 Å². The third-order valence-electron chi connectivity index (χ3n) is 2.85. The summed E-state index contributed by atoms with van der Waals surface area (Å²) in [6.45, 7) is 0. The summed E-state index contributed by atoms with van der Waals surface area (Å²) in [5.74, 6) is 0.967. The topological polar surface area (TPSA) is 51.5 Å². The molecular weight excluding hydrogens is 203 g/mol. The standard InChI is InChI=1S/C11H10BN2O2/c1-16-11(15)7-4-8-10(13-5-7)14-9(12-8)6-2-3-6/h4-6H,2-3H2,1H3. The van der Waals surface area contributed by atoms with Crippen LogP contribution < -0.4 is 5.46 Å². The molecule has 1 aromatic rings. The van der Waals surface area contributed by atoms with Gasteiger partial charge < -0.3 is 4.74 Å². The first kappa shape index (κ1) is 9.57. The molecule has 0 spiro atoms. The molecule has 1 fully saturated rings. The van der Waals surface area contributed by atoms with Crippen molar-refractivity contribution in [2.75, 3.05) is 7.11 Å². The molecule has 79 valence electrons. The molecule has 5 heteroatoms. The van der Waals surface area contributed by atoms with Crippen LogP contribution in [-0.2, 0) is 4.74 Å². The van der Waals surface area contributed by atoms with Crippen LogP contribution in [0.3, 0.4) is 0 Å². The number of pyridine rings is 1. The Morgan fingerprint density at radius 1 is 1.56 bits per heavy atom. The molecule has 0 unspecified atom stereocenters. The zero-order valence-electron chi connectivity index (χ0n) is 8.93. The van der Waals surface area contributed by atoms with Gasteiger partial charge in [0.05, 0.1) is 12.7 Å². The molecule has 1 aliphatic heterocycles. The van der Waals surface area contributed by atoms with E-state index in [-0.39, 0.29) is 5.97 Å². The summed E-state index contributed by atoms with van der Waals surface area (Å²) in [6.07, 6.45) is 3.94. The van der Waals surface area contributed by atoms with Crippen molar-refractivity contribution in [2.24, 2.45) is 10.9 Å². The van der Waals surface area contributed by atoms with Crippen LogP contribution in [0.4, 0.5) is 5.82 Å². The number of carbonyl (C=O) groups excluding carboxylic acids is 1. The molecule has 1 radical (unpaired) electrons. The third kappa shape index (κ3) is 1.52. The van der Waals surface area contributed by atoms with Gasteiger partial charge in [-0.05, 0) is 35.9 Å². The summed E-state index contributed by atoms with van der Waals surface area (Å²) >= 11 is 0. The quantitative estimate of drug-likeness (QED) is 0.535. The fraction of sp³-hybridized carbons (Fsp3) is 0.364. The van der Waals surface area contributed by atoms with E-state index in [0.29, 0.717) is 11.5 Å². The van der Waals surface area contributed by atoms with E-state index in [1.54, 1.807) is 6.07 Å². The molecule has 1 aliphatic carbocycles. The van der Waals surface area contributed by atoms with Crippen LogP contribution in [0, 0.1) is 5.92 Å². The lowest BCUT2D eigenvalue weighted by Gasteiger charge is -2.00. The molecule has 0 bridgehead atoms. The highest BCUT2D eigenvalue weighted by Gasteiger charge is 2.32. The Morgan fingerprint density at radius 3 is 3.06 bits per heavy atom. The van der Waals surface area contributed by atoms with Gasteiger partial charge >= 0.3 is 5.97 Å². The molecule has 0 amide bonds. The molecule has 4 nitrogen and oxygen atoms in total. The summed E-state index contributed by atoms with van der Waals surface area (Å²) in [6, 6.07) is 1.78. The van der Waals surface area contributed by atoms with Crippen LogP contribution in [0.25, 0.3) is 0 Å². The minimum absolute atomic E-state index is 0.358. The number of esters is 1. The fourth-order valence-corrected chi connectivity index (χ4v) is 1.81. The van der Waals surface area contributed by atoms with Gasteiger partial charge in [-0.1, -0.05) is 0 Å². The molecule has 2 aliphatic rings. The van der Waals surface area contributed by atoms with E-state index in [1.807, 2.05) is 7.28 Å². The van der Waals surface area contributed by atoms with Crippen molar-refractivity contribution in [3.63, 3.8) is 0 Å². The highest BCUT2D eigenvalue weighted by atomic mass is 16.5. The molecule has 16 heavy (non-hydrogen) atoms. The van der Waals surface area contributed by atoms with Crippen molar-refractivity contribution >= 4 is 30.1 Å². The SMILES string of the molecule is COC(=O)c1cnc2c(c1)[B]C(C1CC1)=N2. The van der Waals surface area contributed by atoms with Crippen molar-refractivity contribution < 1.29 is 9.53 Å². The van der Waals surface area contributed by atoms with Gasteiger partial charge in [-0.15, -0.1) is 0 Å². The number of nitrogens with zero attached hydrogens (tertiary/aromatic N) is 2. The van der Waals surface area contributed by atoms with E-state index < -0.39 is 0 Å². The van der Waals surface area contributed by atoms with Crippen molar-refractivity contribution in [2.45, 2.75) is 12.8 Å². The predicted octanol–water partition coefficient (Wildman–Crippen LogP) is 0.651. The molecular formula is C11H10BN2O2. The van der Waals surface area contributed by atoms with Crippen LogP contribution in [0.5, 0.6) is 0 Å². The number of ether oxygens (including phenoxy) is 1. The largest absolute Gasteiger partial charge is 0.465 e. The first-order chi connectivity index (χ1) is 7.78. The lowest BCUT2D eigenvalue weighted by Crippen LogP contribution is -2.21. The Morgan fingerprint density at radius 2 is 2.38 bits per heavy atom. The van der Waals surface area contributed by atoms with Gasteiger partial charge in [-0.2, -0.15) is 0 Å². The summed E-state index contributed by atoms with van der Waals surface area (Å²) in [5, 5.41) is 0. The van der Waals surface area contributed by atoms with Crippen molar-refractivity contribution in [3.05, 3.63) is 17.8 Å². The second-order valence-corrected chi connectivity index (χ2v) is 4.08. The van der Waals surface area contributed by atoms with E-state index in [1.165, 1.54) is 26.1 Å². The number of carbonyl (C=O) groups is 1. The van der Waals surface area contributed by atoms with Crippen LogP contribution in [0.1, 0.15) is 23.2 Å². The predicted molar refractivity (Wildman–Crippen MR) is 60.8 cm³/mol. The maximum absolute atomic E-state index is 11.3. The maximum atomic E-state index is 11.3. The second kappa shape index (κ2) is 3.44. The van der Waals surface area contributed by atoms with Crippen molar-refractivity contribution in [1.82, 2.24) is 4.98 Å². The first-order valence-electron chi connectivity index (χ1n) is 5.29. The number of hydrogen-bond donors (Lipinski definition) is 0. The zero-order valence-corrected chi connectivity index (χ0v) is 8.93. The molecule has 0 aromatic carbocycles. The molecule has 0 saturated heterocycles. The Hall–Kier alpha value is -1.65. The Kier molecular flexibility index (Phi) is 2.06. The molecule has 2 heterocycles. The van der Waals surface area contributed by atoms with Crippen molar-refractivity contribution in [1.29, 1.82) is 0 Å². The van der Waals surface area contributed by atoms with Gasteiger partial charge in [0.25, 0.3) is 0 Å². The van der Waals surface area contributed by atoms with Gasteiger partial charge in [0.15, 0.2) is 0 Å². The Balaban J connectivity index is 1.89. The van der Waals surface area contributed by atoms with Gasteiger partial charge in [0.2, 0.25) is 7.28 Å². The average Bonchev–Trinajstić information content (AvgIpc) is 3.07.